The van der Waals surface area contributed by atoms with Crippen LogP contribution in [0.3, 0.4) is 0 Å². The molecule has 0 radical (unpaired) electrons. The summed E-state index contributed by atoms with van der Waals surface area (Å²) in [6, 6.07) is 0.0518. The van der Waals surface area contributed by atoms with E-state index in [0.717, 1.165) is 12.8 Å². The van der Waals surface area contributed by atoms with Crippen LogP contribution in [0, 0.1) is 0 Å². The summed E-state index contributed by atoms with van der Waals surface area (Å²) in [6.07, 6.45) is 2.97. The zero-order valence-corrected chi connectivity index (χ0v) is 9.70. The number of piperidine rings is 1. The highest BCUT2D eigenvalue weighted by atomic mass is 32.2. The van der Waals surface area contributed by atoms with E-state index in [1.807, 2.05) is 0 Å². The Morgan fingerprint density at radius 1 is 1.64 bits per heavy atom. The molecule has 3 N–H and O–H groups in total. The van der Waals surface area contributed by atoms with Crippen LogP contribution in [0.5, 0.6) is 0 Å². The lowest BCUT2D eigenvalue weighted by Gasteiger charge is -2.31. The zero-order valence-electron chi connectivity index (χ0n) is 8.06. The lowest BCUT2D eigenvalue weighted by molar-refractivity contribution is 0.304. The molecule has 5 nitrogen and oxygen atoms in total. The molecule has 0 bridgehead atoms. The molecular formula is C7H15N3O2S2. The standard InChI is InChI=1S/C7H15N3O2S2/c1-14(11,12)10-4-2-3-6(5-10)9-7(8)13/h6H,2-5H2,1H3,(H3,8,9,13). The molecule has 1 aliphatic heterocycles. The average Bonchev–Trinajstić information content (AvgIpc) is 2.01. The van der Waals surface area contributed by atoms with Gasteiger partial charge in [-0.05, 0) is 25.1 Å². The quantitative estimate of drug-likeness (QED) is 0.618. The highest BCUT2D eigenvalue weighted by Gasteiger charge is 2.25. The Labute approximate surface area is 89.7 Å². The summed E-state index contributed by atoms with van der Waals surface area (Å²) in [6.45, 7) is 1.05. The van der Waals surface area contributed by atoms with Crippen LogP contribution < -0.4 is 11.1 Å². The fraction of sp³-hybridized carbons (Fsp3) is 0.857. The Hall–Kier alpha value is -0.400. The number of sulfonamides is 1. The second-order valence-corrected chi connectivity index (χ2v) is 5.89. The molecule has 7 heteroatoms. The molecule has 0 spiro atoms. The molecule has 1 rings (SSSR count). The van der Waals surface area contributed by atoms with Crippen molar-refractivity contribution in [1.29, 1.82) is 0 Å². The molecule has 1 fully saturated rings. The molecule has 1 heterocycles. The first kappa shape index (κ1) is 11.7. The molecule has 0 aromatic heterocycles. The highest BCUT2D eigenvalue weighted by molar-refractivity contribution is 7.88. The van der Waals surface area contributed by atoms with Crippen molar-refractivity contribution in [3.8, 4) is 0 Å². The van der Waals surface area contributed by atoms with E-state index < -0.39 is 10.0 Å². The fourth-order valence-corrected chi connectivity index (χ4v) is 2.64. The van der Waals surface area contributed by atoms with Crippen LogP contribution in [0.1, 0.15) is 12.8 Å². The Bertz CT molecular complexity index is 315. The first-order valence-electron chi connectivity index (χ1n) is 4.40. The predicted octanol–water partition coefficient (Wildman–Crippen LogP) is -0.756. The largest absolute Gasteiger partial charge is 0.376 e. The molecule has 1 unspecified atom stereocenters. The lowest BCUT2D eigenvalue weighted by Crippen LogP contribution is -2.50. The number of thiocarbonyl (C=S) groups is 1. The molecule has 1 atom stereocenters. The summed E-state index contributed by atoms with van der Waals surface area (Å²) >= 11 is 4.71. The minimum absolute atomic E-state index is 0.0518. The van der Waals surface area contributed by atoms with Crippen LogP contribution >= 0.6 is 12.2 Å². The van der Waals surface area contributed by atoms with Gasteiger partial charge in [0, 0.05) is 19.1 Å². The van der Waals surface area contributed by atoms with Crippen LogP contribution in [0.15, 0.2) is 0 Å². The van der Waals surface area contributed by atoms with Gasteiger partial charge in [-0.25, -0.2) is 12.7 Å². The maximum atomic E-state index is 11.3. The van der Waals surface area contributed by atoms with E-state index in [9.17, 15) is 8.42 Å². The van der Waals surface area contributed by atoms with Crippen molar-refractivity contribution in [2.75, 3.05) is 19.3 Å². The Kier molecular flexibility index (Phi) is 3.68. The fourth-order valence-electron chi connectivity index (χ4n) is 1.56. The van der Waals surface area contributed by atoms with E-state index in [4.69, 9.17) is 18.0 Å². The molecule has 0 aromatic rings. The van der Waals surface area contributed by atoms with Gasteiger partial charge in [0.25, 0.3) is 0 Å². The summed E-state index contributed by atoms with van der Waals surface area (Å²) in [4.78, 5) is 0. The molecule has 0 aliphatic carbocycles. The molecule has 82 valence electrons. The van der Waals surface area contributed by atoms with Gasteiger partial charge in [-0.3, -0.25) is 0 Å². The van der Waals surface area contributed by atoms with E-state index in [2.05, 4.69) is 5.32 Å². The molecule has 1 aliphatic rings. The van der Waals surface area contributed by atoms with Crippen LogP contribution in [0.4, 0.5) is 0 Å². The van der Waals surface area contributed by atoms with Gasteiger partial charge < -0.3 is 11.1 Å². The van der Waals surface area contributed by atoms with E-state index in [1.165, 1.54) is 10.6 Å². The molecule has 0 aromatic carbocycles. The van der Waals surface area contributed by atoms with Crippen molar-refractivity contribution < 1.29 is 8.42 Å². The van der Waals surface area contributed by atoms with E-state index in [1.54, 1.807) is 0 Å². The summed E-state index contributed by atoms with van der Waals surface area (Å²) in [5, 5.41) is 3.11. The third kappa shape index (κ3) is 3.39. The van der Waals surface area contributed by atoms with Crippen molar-refractivity contribution in [3.05, 3.63) is 0 Å². The maximum Gasteiger partial charge on any atom is 0.211 e. The van der Waals surface area contributed by atoms with Crippen molar-refractivity contribution in [1.82, 2.24) is 9.62 Å². The summed E-state index contributed by atoms with van der Waals surface area (Å²) in [5.41, 5.74) is 5.33. The van der Waals surface area contributed by atoms with E-state index >= 15 is 0 Å². The molecule has 0 amide bonds. The van der Waals surface area contributed by atoms with Crippen molar-refractivity contribution in [3.63, 3.8) is 0 Å². The predicted molar refractivity (Wildman–Crippen MR) is 59.4 cm³/mol. The molecule has 0 saturated carbocycles. The molecule has 14 heavy (non-hydrogen) atoms. The number of hydrogen-bond donors (Lipinski definition) is 2. The van der Waals surface area contributed by atoms with Crippen LogP contribution in [0.2, 0.25) is 0 Å². The van der Waals surface area contributed by atoms with Gasteiger partial charge in [0.2, 0.25) is 10.0 Å². The van der Waals surface area contributed by atoms with Gasteiger partial charge in [-0.15, -0.1) is 0 Å². The van der Waals surface area contributed by atoms with Crippen LogP contribution in [-0.4, -0.2) is 43.2 Å². The number of nitrogens with one attached hydrogen (secondary N) is 1. The van der Waals surface area contributed by atoms with Gasteiger partial charge in [0.1, 0.15) is 0 Å². The number of hydrogen-bond acceptors (Lipinski definition) is 3. The van der Waals surface area contributed by atoms with Gasteiger partial charge in [0.05, 0.1) is 6.26 Å². The highest BCUT2D eigenvalue weighted by Crippen LogP contribution is 2.12. The molecular weight excluding hydrogens is 222 g/mol. The SMILES string of the molecule is CS(=O)(=O)N1CCCC(NC(N)=S)C1. The summed E-state index contributed by atoms with van der Waals surface area (Å²) < 4.78 is 24.0. The number of nitrogens with zero attached hydrogens (tertiary/aromatic N) is 1. The number of rotatable bonds is 2. The smallest absolute Gasteiger partial charge is 0.211 e. The van der Waals surface area contributed by atoms with Gasteiger partial charge in [0.15, 0.2) is 5.11 Å². The summed E-state index contributed by atoms with van der Waals surface area (Å²) in [7, 11) is -3.09. The van der Waals surface area contributed by atoms with Gasteiger partial charge in [-0.1, -0.05) is 0 Å². The summed E-state index contributed by atoms with van der Waals surface area (Å²) in [5.74, 6) is 0. The zero-order chi connectivity index (χ0) is 10.8. The van der Waals surface area contributed by atoms with Crippen LogP contribution in [0.25, 0.3) is 0 Å². The Morgan fingerprint density at radius 3 is 2.79 bits per heavy atom. The topological polar surface area (TPSA) is 75.4 Å². The van der Waals surface area contributed by atoms with Gasteiger partial charge in [-0.2, -0.15) is 0 Å². The van der Waals surface area contributed by atoms with Crippen molar-refractivity contribution in [2.24, 2.45) is 5.73 Å². The lowest BCUT2D eigenvalue weighted by atomic mass is 10.1. The average molecular weight is 237 g/mol. The number of nitrogens with two attached hydrogens (primary N) is 1. The second-order valence-electron chi connectivity index (χ2n) is 3.47. The normalized spacial score (nSPS) is 24.5. The monoisotopic (exact) mass is 237 g/mol. The first-order valence-corrected chi connectivity index (χ1v) is 6.66. The van der Waals surface area contributed by atoms with Crippen molar-refractivity contribution in [2.45, 2.75) is 18.9 Å². The van der Waals surface area contributed by atoms with E-state index in [-0.39, 0.29) is 11.2 Å². The molecule has 1 saturated heterocycles. The first-order chi connectivity index (χ1) is 6.39. The minimum Gasteiger partial charge on any atom is -0.376 e. The minimum atomic E-state index is -3.09. The van der Waals surface area contributed by atoms with Crippen LogP contribution in [-0.2, 0) is 10.0 Å². The Morgan fingerprint density at radius 2 is 2.29 bits per heavy atom. The van der Waals surface area contributed by atoms with Gasteiger partial charge >= 0.3 is 0 Å². The third-order valence-electron chi connectivity index (χ3n) is 2.20. The third-order valence-corrected chi connectivity index (χ3v) is 3.59. The second kappa shape index (κ2) is 4.41. The maximum absolute atomic E-state index is 11.3. The van der Waals surface area contributed by atoms with E-state index in [0.29, 0.717) is 13.1 Å². The van der Waals surface area contributed by atoms with Crippen molar-refractivity contribution >= 4 is 27.4 Å². The Balaban J connectivity index is 2.56.